The van der Waals surface area contributed by atoms with Gasteiger partial charge in [-0.25, -0.2) is 0 Å². The summed E-state index contributed by atoms with van der Waals surface area (Å²) in [4.78, 5) is 2.65. The molecule has 0 radical (unpaired) electrons. The van der Waals surface area contributed by atoms with Gasteiger partial charge in [-0.2, -0.15) is 0 Å². The van der Waals surface area contributed by atoms with Crippen LogP contribution in [0.4, 0.5) is 5.69 Å². The van der Waals surface area contributed by atoms with Crippen LogP contribution in [0.5, 0.6) is 0 Å². The zero-order chi connectivity index (χ0) is 13.3. The van der Waals surface area contributed by atoms with Gasteiger partial charge in [0, 0.05) is 25.3 Å². The van der Waals surface area contributed by atoms with Crippen LogP contribution in [0.1, 0.15) is 44.2 Å². The minimum Gasteiger partial charge on any atom is -0.385 e. The first-order valence-electron chi connectivity index (χ1n) is 7.71. The molecule has 0 amide bonds. The molecule has 2 heteroatoms. The van der Waals surface area contributed by atoms with E-state index in [1.165, 1.54) is 44.5 Å². The fourth-order valence-electron chi connectivity index (χ4n) is 3.65. The molecule has 2 aliphatic rings. The lowest BCUT2D eigenvalue weighted by Crippen LogP contribution is -2.39. The van der Waals surface area contributed by atoms with Crippen LogP contribution in [-0.2, 0) is 13.0 Å². The molecule has 1 saturated heterocycles. The van der Waals surface area contributed by atoms with Crippen LogP contribution in [0.25, 0.3) is 0 Å². The quantitative estimate of drug-likeness (QED) is 0.871. The molecule has 1 aromatic carbocycles. The third kappa shape index (κ3) is 2.94. The van der Waals surface area contributed by atoms with E-state index in [0.717, 1.165) is 13.1 Å². The summed E-state index contributed by atoms with van der Waals surface area (Å²) in [5.41, 5.74) is 4.98. The average Bonchev–Trinajstić information content (AvgIpc) is 2.38. The second-order valence-electron chi connectivity index (χ2n) is 6.95. The van der Waals surface area contributed by atoms with Crippen molar-refractivity contribution in [2.24, 2.45) is 5.41 Å². The second kappa shape index (κ2) is 5.16. The molecule has 0 unspecified atom stereocenters. The average molecular weight is 258 g/mol. The van der Waals surface area contributed by atoms with E-state index in [1.54, 1.807) is 11.1 Å². The van der Waals surface area contributed by atoms with Crippen molar-refractivity contribution >= 4 is 5.69 Å². The molecule has 19 heavy (non-hydrogen) atoms. The van der Waals surface area contributed by atoms with Crippen LogP contribution in [0.2, 0.25) is 0 Å². The van der Waals surface area contributed by atoms with E-state index in [-0.39, 0.29) is 0 Å². The number of nitrogens with zero attached hydrogens (tertiary/aromatic N) is 1. The van der Waals surface area contributed by atoms with Gasteiger partial charge in [-0.15, -0.1) is 0 Å². The highest BCUT2D eigenvalue weighted by molar-refractivity contribution is 5.56. The molecule has 1 N–H and O–H groups in total. The molecule has 1 aromatic rings. The smallest absolute Gasteiger partial charge is 0.0375 e. The van der Waals surface area contributed by atoms with Crippen molar-refractivity contribution < 1.29 is 0 Å². The molecule has 0 aliphatic carbocycles. The maximum Gasteiger partial charge on any atom is 0.0375 e. The first-order valence-corrected chi connectivity index (χ1v) is 7.71. The molecule has 2 heterocycles. The lowest BCUT2D eigenvalue weighted by Gasteiger charge is -2.38. The highest BCUT2D eigenvalue weighted by atomic mass is 15.1. The summed E-state index contributed by atoms with van der Waals surface area (Å²) in [7, 11) is 0. The molecule has 1 fully saturated rings. The van der Waals surface area contributed by atoms with E-state index in [2.05, 4.69) is 42.3 Å². The van der Waals surface area contributed by atoms with Gasteiger partial charge in [-0.3, -0.25) is 4.90 Å². The molecule has 2 aliphatic heterocycles. The van der Waals surface area contributed by atoms with Crippen LogP contribution in [-0.4, -0.2) is 24.5 Å². The molecular weight excluding hydrogens is 232 g/mol. The fourth-order valence-corrected chi connectivity index (χ4v) is 3.65. The summed E-state index contributed by atoms with van der Waals surface area (Å²) in [5.74, 6) is 0. The monoisotopic (exact) mass is 258 g/mol. The van der Waals surface area contributed by atoms with Crippen molar-refractivity contribution in [1.82, 2.24) is 4.90 Å². The highest BCUT2D eigenvalue weighted by Gasteiger charge is 2.26. The standard InChI is InChI=1S/C17H26N2/c1-17(2)9-5-11-19(13-17)12-14-6-3-8-16-15(14)7-4-10-18-16/h3,6,8,18H,4-5,7,9-13H2,1-2H3. The van der Waals surface area contributed by atoms with E-state index in [1.807, 2.05) is 0 Å². The molecular formula is C17H26N2. The van der Waals surface area contributed by atoms with Gasteiger partial charge in [0.25, 0.3) is 0 Å². The number of piperidine rings is 1. The fraction of sp³-hybridized carbons (Fsp3) is 0.647. The molecule has 2 nitrogen and oxygen atoms in total. The Morgan fingerprint density at radius 2 is 2.16 bits per heavy atom. The maximum absolute atomic E-state index is 3.54. The summed E-state index contributed by atoms with van der Waals surface area (Å²) in [6.45, 7) is 9.58. The third-order valence-corrected chi connectivity index (χ3v) is 4.57. The summed E-state index contributed by atoms with van der Waals surface area (Å²) in [5, 5.41) is 3.54. The maximum atomic E-state index is 3.54. The Labute approximate surface area is 117 Å². The van der Waals surface area contributed by atoms with Crippen molar-refractivity contribution in [3.05, 3.63) is 29.3 Å². The Balaban J connectivity index is 1.76. The Bertz CT molecular complexity index is 451. The molecule has 0 atom stereocenters. The summed E-state index contributed by atoms with van der Waals surface area (Å²) in [6.07, 6.45) is 5.24. The van der Waals surface area contributed by atoms with E-state index >= 15 is 0 Å². The van der Waals surface area contributed by atoms with E-state index < -0.39 is 0 Å². The van der Waals surface area contributed by atoms with Crippen molar-refractivity contribution in [3.63, 3.8) is 0 Å². The molecule has 0 aromatic heterocycles. The third-order valence-electron chi connectivity index (χ3n) is 4.57. The number of fused-ring (bicyclic) bond motifs is 1. The number of benzene rings is 1. The minimum absolute atomic E-state index is 0.491. The highest BCUT2D eigenvalue weighted by Crippen LogP contribution is 2.31. The Kier molecular flexibility index (Phi) is 3.53. The molecule has 3 rings (SSSR count). The van der Waals surface area contributed by atoms with E-state index in [9.17, 15) is 0 Å². The number of hydrogen-bond acceptors (Lipinski definition) is 2. The van der Waals surface area contributed by atoms with Gasteiger partial charge in [0.1, 0.15) is 0 Å². The Morgan fingerprint density at radius 3 is 3.00 bits per heavy atom. The van der Waals surface area contributed by atoms with Gasteiger partial charge >= 0.3 is 0 Å². The Morgan fingerprint density at radius 1 is 1.26 bits per heavy atom. The molecule has 0 saturated carbocycles. The van der Waals surface area contributed by atoms with Gasteiger partial charge in [0.05, 0.1) is 0 Å². The lowest BCUT2D eigenvalue weighted by molar-refractivity contribution is 0.111. The van der Waals surface area contributed by atoms with Gasteiger partial charge in [-0.1, -0.05) is 26.0 Å². The minimum atomic E-state index is 0.491. The zero-order valence-electron chi connectivity index (χ0n) is 12.3. The SMILES string of the molecule is CC1(C)CCCN(Cc2cccc3c2CCCN3)C1. The summed E-state index contributed by atoms with van der Waals surface area (Å²) < 4.78 is 0. The zero-order valence-corrected chi connectivity index (χ0v) is 12.3. The lowest BCUT2D eigenvalue weighted by atomic mass is 9.84. The molecule has 104 valence electrons. The number of rotatable bonds is 2. The number of likely N-dealkylation sites (tertiary alicyclic amines) is 1. The number of nitrogens with one attached hydrogen (secondary N) is 1. The predicted octanol–water partition coefficient (Wildman–Crippen LogP) is 3.67. The Hall–Kier alpha value is -1.02. The van der Waals surface area contributed by atoms with Gasteiger partial charge in [0.15, 0.2) is 0 Å². The van der Waals surface area contributed by atoms with Crippen molar-refractivity contribution in [2.75, 3.05) is 25.0 Å². The van der Waals surface area contributed by atoms with Crippen LogP contribution in [0.15, 0.2) is 18.2 Å². The molecule has 0 spiro atoms. The number of hydrogen-bond donors (Lipinski definition) is 1. The van der Waals surface area contributed by atoms with Crippen LogP contribution < -0.4 is 5.32 Å². The first-order chi connectivity index (χ1) is 9.14. The van der Waals surface area contributed by atoms with Crippen molar-refractivity contribution in [2.45, 2.75) is 46.1 Å². The summed E-state index contributed by atoms with van der Waals surface area (Å²) in [6, 6.07) is 6.77. The number of anilines is 1. The summed E-state index contributed by atoms with van der Waals surface area (Å²) >= 11 is 0. The normalized spacial score (nSPS) is 22.6. The van der Waals surface area contributed by atoms with Crippen LogP contribution in [0, 0.1) is 5.41 Å². The van der Waals surface area contributed by atoms with Gasteiger partial charge in [0.2, 0.25) is 0 Å². The second-order valence-corrected chi connectivity index (χ2v) is 6.95. The first kappa shape index (κ1) is 13.0. The van der Waals surface area contributed by atoms with Gasteiger partial charge < -0.3 is 5.32 Å². The predicted molar refractivity (Wildman–Crippen MR) is 81.5 cm³/mol. The van der Waals surface area contributed by atoms with Gasteiger partial charge in [-0.05, 0) is 54.8 Å². The van der Waals surface area contributed by atoms with Crippen LogP contribution >= 0.6 is 0 Å². The van der Waals surface area contributed by atoms with E-state index in [0.29, 0.717) is 5.41 Å². The topological polar surface area (TPSA) is 15.3 Å². The van der Waals surface area contributed by atoms with E-state index in [4.69, 9.17) is 0 Å². The van der Waals surface area contributed by atoms with Crippen molar-refractivity contribution in [3.8, 4) is 0 Å². The molecule has 0 bridgehead atoms. The van der Waals surface area contributed by atoms with Crippen molar-refractivity contribution in [1.29, 1.82) is 0 Å². The largest absolute Gasteiger partial charge is 0.385 e. The van der Waals surface area contributed by atoms with Crippen LogP contribution in [0.3, 0.4) is 0 Å².